The molecular formula is C60H62F6N16O2. The molecule has 10 rings (SSSR count). The Bertz CT molecular complexity index is 3360. The monoisotopic (exact) mass is 1150 g/mol. The summed E-state index contributed by atoms with van der Waals surface area (Å²) in [7, 11) is 7.90. The zero-order chi connectivity index (χ0) is 59.7. The zero-order valence-electron chi connectivity index (χ0n) is 47.0. The summed E-state index contributed by atoms with van der Waals surface area (Å²) in [6, 6.07) is 22.0. The molecular weight excluding hydrogens is 1090 g/mol. The average Bonchev–Trinajstić information content (AvgIpc) is 4.29. The van der Waals surface area contributed by atoms with E-state index in [0.717, 1.165) is 60.3 Å². The fourth-order valence-electron chi connectivity index (χ4n) is 9.81. The lowest BCUT2D eigenvalue weighted by molar-refractivity contribution is -0.139. The second-order valence-electron chi connectivity index (χ2n) is 21.0. The van der Waals surface area contributed by atoms with Crippen molar-refractivity contribution in [3.05, 3.63) is 179 Å². The summed E-state index contributed by atoms with van der Waals surface area (Å²) < 4.78 is 84.3. The van der Waals surface area contributed by atoms with E-state index in [1.807, 2.05) is 51.8 Å². The number of nitrogens with one attached hydrogen (secondary N) is 4. The van der Waals surface area contributed by atoms with Gasteiger partial charge in [0.05, 0.1) is 22.5 Å². The smallest absolute Gasteiger partial charge is 0.324 e. The van der Waals surface area contributed by atoms with Crippen LogP contribution in [0.1, 0.15) is 66.9 Å². The third-order valence-electron chi connectivity index (χ3n) is 14.6. The Kier molecular flexibility index (Phi) is 18.6. The maximum Gasteiger partial charge on any atom is 0.416 e. The van der Waals surface area contributed by atoms with E-state index in [2.05, 4.69) is 70.9 Å². The minimum absolute atomic E-state index is 0.0742. The van der Waals surface area contributed by atoms with Crippen LogP contribution < -0.4 is 21.3 Å². The van der Waals surface area contributed by atoms with E-state index >= 15 is 0 Å². The first-order valence-electron chi connectivity index (χ1n) is 26.9. The Balaban J connectivity index is 0.000000202. The van der Waals surface area contributed by atoms with E-state index in [1.165, 1.54) is 36.9 Å². The molecule has 0 bridgehead atoms. The van der Waals surface area contributed by atoms with Gasteiger partial charge in [-0.1, -0.05) is 24.3 Å². The lowest BCUT2D eigenvalue weighted by atomic mass is 10.0. The summed E-state index contributed by atoms with van der Waals surface area (Å²) in [6.07, 6.45) is 5.27. The van der Waals surface area contributed by atoms with Gasteiger partial charge in [-0.2, -0.15) is 26.3 Å². The molecule has 4 aromatic carbocycles. The van der Waals surface area contributed by atoms with Crippen LogP contribution in [0.2, 0.25) is 0 Å². The predicted molar refractivity (Wildman–Crippen MR) is 309 cm³/mol. The van der Waals surface area contributed by atoms with Gasteiger partial charge >= 0.3 is 12.4 Å². The highest BCUT2D eigenvalue weighted by Gasteiger charge is 2.37. The summed E-state index contributed by atoms with van der Waals surface area (Å²) in [5, 5.41) is 11.7. The standard InChI is InChI=1S/2C30H31F3N8O/c2*1-19-4-7-23(13-27(19)39-29-36-10-8-26(38-29)22-14-34-18-35-15-22)37-28(42)20-5-6-21(25(12-20)30(31,32)33)16-41-11-9-24(17-41)40(2)3/h2*4-8,10,12-15,18,24H,9,11,16-17H2,1-3H3,(H,37,42)(H,36,38,39)/t2*24-/m00/s1. The van der Waals surface area contributed by atoms with Crippen molar-refractivity contribution < 1.29 is 35.9 Å². The molecule has 2 saturated heterocycles. The number of nitrogens with zero attached hydrogens (tertiary/aromatic N) is 12. The van der Waals surface area contributed by atoms with Crippen molar-refractivity contribution in [3.8, 4) is 22.5 Å². The van der Waals surface area contributed by atoms with E-state index in [9.17, 15) is 35.9 Å². The van der Waals surface area contributed by atoms with Gasteiger partial charge in [-0.15, -0.1) is 0 Å². The highest BCUT2D eigenvalue weighted by molar-refractivity contribution is 6.05. The molecule has 2 aliphatic rings. The van der Waals surface area contributed by atoms with Gasteiger partial charge in [0.25, 0.3) is 11.8 Å². The first kappa shape index (κ1) is 59.8. The summed E-state index contributed by atoms with van der Waals surface area (Å²) in [4.78, 5) is 67.9. The van der Waals surface area contributed by atoms with Gasteiger partial charge in [-0.05, 0) is 138 Å². The third kappa shape index (κ3) is 15.4. The van der Waals surface area contributed by atoms with E-state index in [0.29, 0.717) is 71.2 Å². The number of rotatable bonds is 16. The molecule has 0 unspecified atom stereocenters. The molecule has 2 aliphatic heterocycles. The molecule has 6 heterocycles. The number of halogens is 6. The van der Waals surface area contributed by atoms with Crippen LogP contribution in [-0.2, 0) is 25.4 Å². The molecule has 0 radical (unpaired) electrons. The summed E-state index contributed by atoms with van der Waals surface area (Å²) >= 11 is 0. The highest BCUT2D eigenvalue weighted by atomic mass is 19.4. The summed E-state index contributed by atoms with van der Waals surface area (Å²) in [5.74, 6) is -0.637. The molecule has 18 nitrogen and oxygen atoms in total. The van der Waals surface area contributed by atoms with Crippen molar-refractivity contribution in [2.24, 2.45) is 0 Å². The Hall–Kier alpha value is -8.84. The number of hydrogen-bond acceptors (Lipinski definition) is 16. The number of amides is 2. The van der Waals surface area contributed by atoms with Gasteiger partial charge in [-0.25, -0.2) is 39.9 Å². The number of carbonyl (C=O) groups excluding carboxylic acids is 2. The van der Waals surface area contributed by atoms with Gasteiger partial charge < -0.3 is 31.1 Å². The van der Waals surface area contributed by atoms with Crippen LogP contribution in [0.15, 0.2) is 135 Å². The zero-order valence-corrected chi connectivity index (χ0v) is 47.0. The van der Waals surface area contributed by atoms with Crippen molar-refractivity contribution in [2.45, 2.75) is 64.2 Å². The summed E-state index contributed by atoms with van der Waals surface area (Å²) in [5.41, 5.74) is 5.05. The van der Waals surface area contributed by atoms with Gasteiger partial charge in [-0.3, -0.25) is 19.4 Å². The van der Waals surface area contributed by atoms with Crippen molar-refractivity contribution in [1.82, 2.24) is 59.5 Å². The van der Waals surface area contributed by atoms with Crippen LogP contribution in [-0.4, -0.2) is 138 Å². The fraction of sp³-hybridized carbons (Fsp3) is 0.300. The minimum Gasteiger partial charge on any atom is -0.324 e. The van der Waals surface area contributed by atoms with Crippen molar-refractivity contribution in [1.29, 1.82) is 0 Å². The Morgan fingerprint density at radius 1 is 0.548 bits per heavy atom. The van der Waals surface area contributed by atoms with Gasteiger partial charge in [0.2, 0.25) is 11.9 Å². The van der Waals surface area contributed by atoms with E-state index < -0.39 is 35.3 Å². The Labute approximate surface area is 481 Å². The number of aryl methyl sites for hydroxylation is 2. The van der Waals surface area contributed by atoms with E-state index in [4.69, 9.17) is 0 Å². The first-order chi connectivity index (χ1) is 40.1. The molecule has 84 heavy (non-hydrogen) atoms. The van der Waals surface area contributed by atoms with Gasteiger partial charge in [0.15, 0.2) is 0 Å². The lowest BCUT2D eigenvalue weighted by Crippen LogP contribution is -2.31. The second kappa shape index (κ2) is 26.2. The number of likely N-dealkylation sites (tertiary alicyclic amines) is 2. The van der Waals surface area contributed by atoms with Crippen LogP contribution in [0.5, 0.6) is 0 Å². The van der Waals surface area contributed by atoms with Crippen LogP contribution in [0.3, 0.4) is 0 Å². The summed E-state index contributed by atoms with van der Waals surface area (Å²) in [6.45, 7) is 6.95. The molecule has 0 spiro atoms. The second-order valence-corrected chi connectivity index (χ2v) is 21.0. The first-order valence-corrected chi connectivity index (χ1v) is 26.9. The molecule has 8 aromatic rings. The Morgan fingerprint density at radius 2 is 0.940 bits per heavy atom. The molecule has 0 aliphatic carbocycles. The number of anilines is 6. The molecule has 2 atom stereocenters. The molecule has 0 saturated carbocycles. The van der Waals surface area contributed by atoms with Crippen LogP contribution >= 0.6 is 0 Å². The molecule has 24 heteroatoms. The van der Waals surface area contributed by atoms with Crippen molar-refractivity contribution in [2.75, 3.05) is 75.6 Å². The maximum atomic E-state index is 14.1. The number of likely N-dealkylation sites (N-methyl/N-ethyl adjacent to an activating group) is 2. The van der Waals surface area contributed by atoms with Crippen LogP contribution in [0.25, 0.3) is 22.5 Å². The SMILES string of the molecule is Cc1ccc(NC(=O)c2ccc(CN3CC[C@H](N(C)C)C3)c(C(F)(F)F)c2)cc1Nc1nccc(-c2cncnc2)n1.Cc1ccc(NC(=O)c2ccc(CN3CC[C@H](N(C)C)C3)c(C(F)(F)F)c2)cc1Nc1nccc(-c2cncnc2)n1. The average molecular weight is 1150 g/mol. The predicted octanol–water partition coefficient (Wildman–Crippen LogP) is 10.8. The highest BCUT2D eigenvalue weighted by Crippen LogP contribution is 2.36. The number of carbonyl (C=O) groups is 2. The molecule has 2 fully saturated rings. The van der Waals surface area contributed by atoms with Gasteiger partial charge in [0, 0.05) is 134 Å². The van der Waals surface area contributed by atoms with Gasteiger partial charge in [0.1, 0.15) is 12.7 Å². The maximum absolute atomic E-state index is 14.1. The normalized spacial score (nSPS) is 15.6. The quantitative estimate of drug-likeness (QED) is 0.0666. The lowest BCUT2D eigenvalue weighted by Gasteiger charge is -2.22. The third-order valence-corrected chi connectivity index (χ3v) is 14.6. The number of benzene rings is 4. The van der Waals surface area contributed by atoms with Crippen molar-refractivity contribution in [3.63, 3.8) is 0 Å². The van der Waals surface area contributed by atoms with E-state index in [-0.39, 0.29) is 35.3 Å². The number of alkyl halides is 6. The molecule has 4 aromatic heterocycles. The number of aromatic nitrogens is 8. The number of hydrogen-bond donors (Lipinski definition) is 4. The van der Waals surface area contributed by atoms with Crippen molar-refractivity contribution >= 4 is 46.5 Å². The molecule has 2 amide bonds. The minimum atomic E-state index is -4.59. The molecule has 4 N–H and O–H groups in total. The van der Waals surface area contributed by atoms with Crippen LogP contribution in [0.4, 0.5) is 61.0 Å². The largest absolute Gasteiger partial charge is 0.416 e. The topological polar surface area (TPSA) is 198 Å². The Morgan fingerprint density at radius 3 is 1.30 bits per heavy atom. The van der Waals surface area contributed by atoms with Crippen LogP contribution in [0, 0.1) is 13.8 Å². The fourth-order valence-corrected chi connectivity index (χ4v) is 9.81. The van der Waals surface area contributed by atoms with E-state index in [1.54, 1.807) is 85.7 Å². The molecule has 436 valence electrons.